The molecule has 1 aliphatic carbocycles. The highest BCUT2D eigenvalue weighted by Gasteiger charge is 2.22. The summed E-state index contributed by atoms with van der Waals surface area (Å²) in [6.07, 6.45) is 8.27. The van der Waals surface area contributed by atoms with Gasteiger partial charge in [0.15, 0.2) is 0 Å². The van der Waals surface area contributed by atoms with E-state index in [0.29, 0.717) is 5.15 Å². The number of H-pyrrole nitrogens is 1. The molecule has 24 heavy (non-hydrogen) atoms. The maximum Gasteiger partial charge on any atom is 0.137 e. The van der Waals surface area contributed by atoms with Crippen molar-refractivity contribution in [1.82, 2.24) is 15.0 Å². The predicted molar refractivity (Wildman–Crippen MR) is 98.2 cm³/mol. The third kappa shape index (κ3) is 2.97. The van der Waals surface area contributed by atoms with Crippen LogP contribution in [0.4, 0.5) is 5.82 Å². The van der Waals surface area contributed by atoms with Crippen molar-refractivity contribution in [3.8, 4) is 11.1 Å². The first-order chi connectivity index (χ1) is 11.7. The standard InChI is InChI=1S/C18H20ClN5/c19-16-8-11(13-10-22-18-12(13)4-3-7-21-18)9-17(24-16)23-15-6-2-1-5-14(15)20/h3-4,7-10,14-15H,1-2,5-6,20H2,(H,21,22)(H,23,24)/t14-,15-/m1/s1. The number of hydrogen-bond donors (Lipinski definition) is 3. The Bertz CT molecular complexity index is 859. The summed E-state index contributed by atoms with van der Waals surface area (Å²) in [6, 6.07) is 8.31. The lowest BCUT2D eigenvalue weighted by atomic mass is 9.91. The van der Waals surface area contributed by atoms with Crippen molar-refractivity contribution in [1.29, 1.82) is 0 Å². The molecule has 0 aromatic carbocycles. The Morgan fingerprint density at radius 2 is 2.12 bits per heavy atom. The molecule has 0 bridgehead atoms. The number of aromatic amines is 1. The topological polar surface area (TPSA) is 79.6 Å². The maximum atomic E-state index is 6.26. The van der Waals surface area contributed by atoms with Gasteiger partial charge in [-0.3, -0.25) is 0 Å². The Morgan fingerprint density at radius 3 is 3.00 bits per heavy atom. The van der Waals surface area contributed by atoms with Crippen molar-refractivity contribution >= 4 is 28.5 Å². The predicted octanol–water partition coefficient (Wildman–Crippen LogP) is 3.96. The van der Waals surface area contributed by atoms with E-state index in [0.717, 1.165) is 40.8 Å². The minimum absolute atomic E-state index is 0.167. The summed E-state index contributed by atoms with van der Waals surface area (Å²) in [5.74, 6) is 0.776. The molecule has 1 saturated carbocycles. The smallest absolute Gasteiger partial charge is 0.137 e. The van der Waals surface area contributed by atoms with E-state index in [1.54, 1.807) is 6.20 Å². The largest absolute Gasteiger partial charge is 0.366 e. The zero-order valence-corrected chi connectivity index (χ0v) is 14.1. The van der Waals surface area contributed by atoms with Crippen molar-refractivity contribution in [2.24, 2.45) is 5.73 Å². The highest BCUT2D eigenvalue weighted by Crippen LogP contribution is 2.31. The summed E-state index contributed by atoms with van der Waals surface area (Å²) in [7, 11) is 0. The first-order valence-electron chi connectivity index (χ1n) is 8.33. The van der Waals surface area contributed by atoms with E-state index in [-0.39, 0.29) is 12.1 Å². The minimum atomic E-state index is 0.167. The van der Waals surface area contributed by atoms with E-state index in [4.69, 9.17) is 17.3 Å². The van der Waals surface area contributed by atoms with Crippen LogP contribution in [0.5, 0.6) is 0 Å². The third-order valence-corrected chi connectivity index (χ3v) is 4.90. The Morgan fingerprint density at radius 1 is 1.25 bits per heavy atom. The number of anilines is 1. The molecule has 3 aromatic heterocycles. The second-order valence-corrected chi connectivity index (χ2v) is 6.75. The van der Waals surface area contributed by atoms with Gasteiger partial charge in [-0.05, 0) is 42.7 Å². The summed E-state index contributed by atoms with van der Waals surface area (Å²) in [5.41, 5.74) is 9.18. The van der Waals surface area contributed by atoms with Crippen LogP contribution >= 0.6 is 11.6 Å². The fourth-order valence-corrected chi connectivity index (χ4v) is 3.66. The summed E-state index contributed by atoms with van der Waals surface area (Å²) in [5, 5.41) is 5.02. The van der Waals surface area contributed by atoms with Crippen molar-refractivity contribution < 1.29 is 0 Å². The number of halogens is 1. The SMILES string of the molecule is N[C@@H]1CCCC[C@H]1Nc1cc(-c2c[nH]c3ncccc23)cc(Cl)n1. The first kappa shape index (κ1) is 15.4. The van der Waals surface area contributed by atoms with E-state index in [9.17, 15) is 0 Å². The molecule has 124 valence electrons. The number of nitrogens with two attached hydrogens (primary N) is 1. The monoisotopic (exact) mass is 341 g/mol. The molecule has 5 nitrogen and oxygen atoms in total. The van der Waals surface area contributed by atoms with Gasteiger partial charge in [-0.15, -0.1) is 0 Å². The zero-order chi connectivity index (χ0) is 16.5. The molecular formula is C18H20ClN5. The van der Waals surface area contributed by atoms with Crippen molar-refractivity contribution in [3.63, 3.8) is 0 Å². The molecule has 1 aliphatic rings. The van der Waals surface area contributed by atoms with Crippen LogP contribution in [0, 0.1) is 0 Å². The van der Waals surface area contributed by atoms with Gasteiger partial charge in [0.05, 0.1) is 0 Å². The highest BCUT2D eigenvalue weighted by molar-refractivity contribution is 6.29. The molecule has 4 rings (SSSR count). The van der Waals surface area contributed by atoms with Crippen molar-refractivity contribution in [2.45, 2.75) is 37.8 Å². The van der Waals surface area contributed by atoms with Crippen LogP contribution in [0.2, 0.25) is 5.15 Å². The van der Waals surface area contributed by atoms with Crippen molar-refractivity contribution in [3.05, 3.63) is 41.8 Å². The Hall–Kier alpha value is -2.11. The molecule has 0 aliphatic heterocycles. The number of nitrogens with one attached hydrogen (secondary N) is 2. The summed E-state index contributed by atoms with van der Waals surface area (Å²) in [6.45, 7) is 0. The van der Waals surface area contributed by atoms with E-state index >= 15 is 0 Å². The van der Waals surface area contributed by atoms with E-state index in [1.165, 1.54) is 12.8 Å². The first-order valence-corrected chi connectivity index (χ1v) is 8.71. The average Bonchev–Trinajstić information content (AvgIpc) is 3.01. The van der Waals surface area contributed by atoms with Crippen LogP contribution in [0.1, 0.15) is 25.7 Å². The molecule has 2 atom stereocenters. The molecule has 4 N–H and O–H groups in total. The second-order valence-electron chi connectivity index (χ2n) is 6.36. The minimum Gasteiger partial charge on any atom is -0.366 e. The highest BCUT2D eigenvalue weighted by atomic mass is 35.5. The normalized spacial score (nSPS) is 21.1. The van der Waals surface area contributed by atoms with Gasteiger partial charge < -0.3 is 16.0 Å². The van der Waals surface area contributed by atoms with Gasteiger partial charge in [-0.2, -0.15) is 0 Å². The molecule has 0 unspecified atom stereocenters. The lowest BCUT2D eigenvalue weighted by Gasteiger charge is -2.29. The second kappa shape index (κ2) is 6.42. The molecule has 3 heterocycles. The van der Waals surface area contributed by atoms with Gasteiger partial charge in [0.25, 0.3) is 0 Å². The van der Waals surface area contributed by atoms with Gasteiger partial charge in [-0.25, -0.2) is 9.97 Å². The molecular weight excluding hydrogens is 322 g/mol. The lowest BCUT2D eigenvalue weighted by Crippen LogP contribution is -2.42. The molecule has 0 spiro atoms. The molecule has 1 fully saturated rings. The van der Waals surface area contributed by atoms with Gasteiger partial charge >= 0.3 is 0 Å². The molecule has 0 saturated heterocycles. The van der Waals surface area contributed by atoms with Gasteiger partial charge in [0, 0.05) is 35.4 Å². The lowest BCUT2D eigenvalue weighted by molar-refractivity contribution is 0.403. The third-order valence-electron chi connectivity index (χ3n) is 4.71. The fraction of sp³-hybridized carbons (Fsp3) is 0.333. The average molecular weight is 342 g/mol. The fourth-order valence-electron chi connectivity index (χ4n) is 3.45. The van der Waals surface area contributed by atoms with Crippen LogP contribution in [-0.2, 0) is 0 Å². The van der Waals surface area contributed by atoms with Gasteiger partial charge in [0.2, 0.25) is 0 Å². The van der Waals surface area contributed by atoms with E-state index in [1.807, 2.05) is 30.5 Å². The summed E-state index contributed by atoms with van der Waals surface area (Å²) in [4.78, 5) is 12.0. The number of hydrogen-bond acceptors (Lipinski definition) is 4. The number of rotatable bonds is 3. The Balaban J connectivity index is 1.68. The summed E-state index contributed by atoms with van der Waals surface area (Å²) < 4.78 is 0. The van der Waals surface area contributed by atoms with E-state index < -0.39 is 0 Å². The molecule has 3 aromatic rings. The number of aromatic nitrogens is 3. The van der Waals surface area contributed by atoms with Gasteiger partial charge in [0.1, 0.15) is 16.6 Å². The Kier molecular flexibility index (Phi) is 4.12. The van der Waals surface area contributed by atoms with Crippen LogP contribution in [0.3, 0.4) is 0 Å². The van der Waals surface area contributed by atoms with Crippen LogP contribution in [-0.4, -0.2) is 27.0 Å². The van der Waals surface area contributed by atoms with Crippen LogP contribution in [0.25, 0.3) is 22.2 Å². The van der Waals surface area contributed by atoms with Crippen molar-refractivity contribution in [2.75, 3.05) is 5.32 Å². The summed E-state index contributed by atoms with van der Waals surface area (Å²) >= 11 is 6.26. The van der Waals surface area contributed by atoms with Gasteiger partial charge in [-0.1, -0.05) is 24.4 Å². The molecule has 0 amide bonds. The molecule has 6 heteroatoms. The quantitative estimate of drug-likeness (QED) is 0.630. The van der Waals surface area contributed by atoms with Crippen LogP contribution in [0.15, 0.2) is 36.7 Å². The molecule has 0 radical (unpaired) electrons. The number of fused-ring (bicyclic) bond motifs is 1. The zero-order valence-electron chi connectivity index (χ0n) is 13.3. The Labute approximate surface area is 145 Å². The number of nitrogens with zero attached hydrogens (tertiary/aromatic N) is 2. The van der Waals surface area contributed by atoms with Crippen LogP contribution < -0.4 is 11.1 Å². The number of pyridine rings is 2. The van der Waals surface area contributed by atoms with E-state index in [2.05, 4.69) is 20.3 Å². The maximum absolute atomic E-state index is 6.26.